The van der Waals surface area contributed by atoms with Gasteiger partial charge in [0.2, 0.25) is 5.91 Å². The van der Waals surface area contributed by atoms with Crippen LogP contribution >= 0.6 is 0 Å². The van der Waals surface area contributed by atoms with E-state index in [1.54, 1.807) is 0 Å². The van der Waals surface area contributed by atoms with Gasteiger partial charge in [-0.25, -0.2) is 0 Å². The molecule has 0 aromatic rings. The second-order valence-corrected chi connectivity index (χ2v) is 6.50. The summed E-state index contributed by atoms with van der Waals surface area (Å²) in [5.74, 6) is 1.27. The van der Waals surface area contributed by atoms with E-state index >= 15 is 0 Å². The number of nitrogens with one attached hydrogen (secondary N) is 1. The molecule has 0 aromatic heterocycles. The number of carbonyl (C=O) groups excluding carboxylic acids is 1. The zero-order valence-electron chi connectivity index (χ0n) is 12.9. The van der Waals surface area contributed by atoms with Crippen molar-refractivity contribution in [1.82, 2.24) is 5.32 Å². The molecular formula is C15H32N2O. The molecule has 0 heterocycles. The molecule has 0 aliphatic rings. The third-order valence-electron chi connectivity index (χ3n) is 3.80. The molecular weight excluding hydrogens is 224 g/mol. The summed E-state index contributed by atoms with van der Waals surface area (Å²) < 4.78 is 0. The molecule has 2 unspecified atom stereocenters. The van der Waals surface area contributed by atoms with Gasteiger partial charge in [0.15, 0.2) is 0 Å². The lowest BCUT2D eigenvalue weighted by Gasteiger charge is -2.30. The molecule has 2 atom stereocenters. The highest BCUT2D eigenvalue weighted by Gasteiger charge is 2.24. The van der Waals surface area contributed by atoms with Crippen LogP contribution in [0.5, 0.6) is 0 Å². The molecule has 108 valence electrons. The summed E-state index contributed by atoms with van der Waals surface area (Å²) in [4.78, 5) is 11.8. The molecule has 0 aliphatic carbocycles. The molecule has 0 radical (unpaired) electrons. The minimum Gasteiger partial charge on any atom is -0.356 e. The van der Waals surface area contributed by atoms with Crippen molar-refractivity contribution >= 4 is 5.91 Å². The molecule has 0 bridgehead atoms. The summed E-state index contributed by atoms with van der Waals surface area (Å²) in [6, 6.07) is 0. The van der Waals surface area contributed by atoms with Crippen LogP contribution in [0, 0.1) is 17.3 Å². The van der Waals surface area contributed by atoms with E-state index < -0.39 is 0 Å². The van der Waals surface area contributed by atoms with Gasteiger partial charge in [-0.05, 0) is 36.6 Å². The lowest BCUT2D eigenvalue weighted by atomic mass is 9.76. The topological polar surface area (TPSA) is 55.1 Å². The Morgan fingerprint density at radius 2 is 1.89 bits per heavy atom. The molecule has 0 rings (SSSR count). The van der Waals surface area contributed by atoms with E-state index in [-0.39, 0.29) is 11.3 Å². The predicted molar refractivity (Wildman–Crippen MR) is 78.3 cm³/mol. The molecule has 1 amide bonds. The Hall–Kier alpha value is -0.570. The van der Waals surface area contributed by atoms with Crippen molar-refractivity contribution in [2.45, 2.75) is 60.3 Å². The summed E-state index contributed by atoms with van der Waals surface area (Å²) in [6.45, 7) is 12.5. The third-order valence-corrected chi connectivity index (χ3v) is 3.80. The maximum atomic E-state index is 11.8. The molecule has 3 N–H and O–H groups in total. The maximum Gasteiger partial charge on any atom is 0.220 e. The van der Waals surface area contributed by atoms with Gasteiger partial charge in [0.1, 0.15) is 0 Å². The van der Waals surface area contributed by atoms with Crippen molar-refractivity contribution < 1.29 is 4.79 Å². The Bertz CT molecular complexity index is 233. The second kappa shape index (κ2) is 8.52. The Morgan fingerprint density at radius 3 is 2.33 bits per heavy atom. The normalized spacial score (nSPS) is 15.2. The van der Waals surface area contributed by atoms with Gasteiger partial charge in [0.05, 0.1) is 0 Å². The molecule has 3 heteroatoms. The van der Waals surface area contributed by atoms with E-state index in [2.05, 4.69) is 39.9 Å². The van der Waals surface area contributed by atoms with Gasteiger partial charge in [0.25, 0.3) is 0 Å². The minimum absolute atomic E-state index is 0.182. The van der Waals surface area contributed by atoms with E-state index in [1.165, 1.54) is 0 Å². The summed E-state index contributed by atoms with van der Waals surface area (Å²) in [7, 11) is 0. The van der Waals surface area contributed by atoms with Gasteiger partial charge >= 0.3 is 0 Å². The number of amides is 1. The monoisotopic (exact) mass is 256 g/mol. The largest absolute Gasteiger partial charge is 0.356 e. The van der Waals surface area contributed by atoms with E-state index in [4.69, 9.17) is 5.73 Å². The first-order valence-corrected chi connectivity index (χ1v) is 7.28. The van der Waals surface area contributed by atoms with Gasteiger partial charge in [-0.1, -0.05) is 41.0 Å². The molecule has 0 saturated carbocycles. The van der Waals surface area contributed by atoms with Crippen molar-refractivity contribution in [1.29, 1.82) is 0 Å². The number of hydrogen-bond acceptors (Lipinski definition) is 2. The summed E-state index contributed by atoms with van der Waals surface area (Å²) in [5, 5.41) is 3.01. The molecule has 0 aromatic carbocycles. The SMILES string of the molecule is CCC(C)CNC(=O)CCC(CCN)C(C)(C)C. The van der Waals surface area contributed by atoms with Crippen molar-refractivity contribution in [3.63, 3.8) is 0 Å². The zero-order valence-corrected chi connectivity index (χ0v) is 12.9. The molecule has 0 saturated heterocycles. The quantitative estimate of drug-likeness (QED) is 0.701. The summed E-state index contributed by atoms with van der Waals surface area (Å²) in [5.41, 5.74) is 5.88. The Labute approximate surface area is 113 Å². The van der Waals surface area contributed by atoms with Crippen LogP contribution in [0.1, 0.15) is 60.3 Å². The van der Waals surface area contributed by atoms with E-state index in [0.29, 0.717) is 24.8 Å². The van der Waals surface area contributed by atoms with Crippen LogP contribution in [0.25, 0.3) is 0 Å². The molecule has 0 fully saturated rings. The fourth-order valence-electron chi connectivity index (χ4n) is 2.04. The van der Waals surface area contributed by atoms with Gasteiger partial charge < -0.3 is 11.1 Å². The molecule has 18 heavy (non-hydrogen) atoms. The van der Waals surface area contributed by atoms with Crippen LogP contribution in [0.3, 0.4) is 0 Å². The van der Waals surface area contributed by atoms with Crippen LogP contribution in [0.15, 0.2) is 0 Å². The standard InChI is InChI=1S/C15H32N2O/c1-6-12(2)11-17-14(18)8-7-13(9-10-16)15(3,4)5/h12-13H,6-11,16H2,1-5H3,(H,17,18). The fourth-order valence-corrected chi connectivity index (χ4v) is 2.04. The average molecular weight is 256 g/mol. The first kappa shape index (κ1) is 17.4. The van der Waals surface area contributed by atoms with Crippen molar-refractivity contribution in [3.8, 4) is 0 Å². The summed E-state index contributed by atoms with van der Waals surface area (Å²) in [6.07, 6.45) is 3.67. The molecule has 0 spiro atoms. The maximum absolute atomic E-state index is 11.8. The molecule has 3 nitrogen and oxygen atoms in total. The van der Waals surface area contributed by atoms with Crippen LogP contribution in [0.4, 0.5) is 0 Å². The van der Waals surface area contributed by atoms with E-state index in [0.717, 1.165) is 25.8 Å². The summed E-state index contributed by atoms with van der Waals surface area (Å²) >= 11 is 0. The molecule has 0 aliphatic heterocycles. The smallest absolute Gasteiger partial charge is 0.220 e. The Kier molecular flexibility index (Phi) is 8.25. The van der Waals surface area contributed by atoms with Crippen LogP contribution in [-0.2, 0) is 4.79 Å². The highest BCUT2D eigenvalue weighted by Crippen LogP contribution is 2.31. The number of nitrogens with two attached hydrogens (primary N) is 1. The average Bonchev–Trinajstić information content (AvgIpc) is 2.29. The van der Waals surface area contributed by atoms with Gasteiger partial charge in [-0.3, -0.25) is 4.79 Å². The van der Waals surface area contributed by atoms with E-state index in [9.17, 15) is 4.79 Å². The predicted octanol–water partition coefficient (Wildman–Crippen LogP) is 2.94. The third kappa shape index (κ3) is 7.70. The number of rotatable bonds is 8. The highest BCUT2D eigenvalue weighted by molar-refractivity contribution is 5.75. The zero-order chi connectivity index (χ0) is 14.2. The Morgan fingerprint density at radius 1 is 1.28 bits per heavy atom. The van der Waals surface area contributed by atoms with Crippen molar-refractivity contribution in [3.05, 3.63) is 0 Å². The van der Waals surface area contributed by atoms with Crippen LogP contribution in [0.2, 0.25) is 0 Å². The first-order chi connectivity index (χ1) is 8.31. The lowest BCUT2D eigenvalue weighted by Crippen LogP contribution is -2.30. The first-order valence-electron chi connectivity index (χ1n) is 7.28. The second-order valence-electron chi connectivity index (χ2n) is 6.50. The van der Waals surface area contributed by atoms with Gasteiger partial charge in [0, 0.05) is 13.0 Å². The van der Waals surface area contributed by atoms with E-state index in [1.807, 2.05) is 0 Å². The highest BCUT2D eigenvalue weighted by atomic mass is 16.1. The van der Waals surface area contributed by atoms with Gasteiger partial charge in [-0.15, -0.1) is 0 Å². The number of carbonyl (C=O) groups is 1. The van der Waals surface area contributed by atoms with Crippen LogP contribution < -0.4 is 11.1 Å². The Balaban J connectivity index is 4.00. The fraction of sp³-hybridized carbons (Fsp3) is 0.933. The van der Waals surface area contributed by atoms with Crippen molar-refractivity contribution in [2.75, 3.05) is 13.1 Å². The minimum atomic E-state index is 0.182. The van der Waals surface area contributed by atoms with Crippen molar-refractivity contribution in [2.24, 2.45) is 23.0 Å². The lowest BCUT2D eigenvalue weighted by molar-refractivity contribution is -0.121. The number of hydrogen-bond donors (Lipinski definition) is 2. The van der Waals surface area contributed by atoms with Gasteiger partial charge in [-0.2, -0.15) is 0 Å². The van der Waals surface area contributed by atoms with Crippen LogP contribution in [-0.4, -0.2) is 19.0 Å².